The van der Waals surface area contributed by atoms with Gasteiger partial charge in [0.2, 0.25) is 0 Å². The lowest BCUT2D eigenvalue weighted by Gasteiger charge is -2.35. The van der Waals surface area contributed by atoms with Crippen molar-refractivity contribution in [1.82, 2.24) is 0 Å². The molecule has 1 aliphatic heterocycles. The molecule has 0 spiro atoms. The van der Waals surface area contributed by atoms with Crippen LogP contribution >= 0.6 is 0 Å². The molecule has 1 aromatic rings. The highest BCUT2D eigenvalue weighted by Gasteiger charge is 2.39. The lowest BCUT2D eigenvalue weighted by Crippen LogP contribution is -2.43. The molecule has 3 nitrogen and oxygen atoms in total. The van der Waals surface area contributed by atoms with E-state index in [1.807, 2.05) is 26.0 Å². The molecule has 2 rings (SSSR count). The van der Waals surface area contributed by atoms with E-state index >= 15 is 0 Å². The lowest BCUT2D eigenvalue weighted by atomic mass is 9.73. The first-order chi connectivity index (χ1) is 8.59. The van der Waals surface area contributed by atoms with Gasteiger partial charge < -0.3 is 10.5 Å². The second kappa shape index (κ2) is 5.21. The molecule has 1 fully saturated rings. The van der Waals surface area contributed by atoms with Crippen LogP contribution in [-0.4, -0.2) is 25.5 Å². The molecule has 98 valence electrons. The molecule has 0 aromatic heterocycles. The van der Waals surface area contributed by atoms with E-state index in [-0.39, 0.29) is 5.78 Å². The quantitative estimate of drug-likeness (QED) is 0.833. The van der Waals surface area contributed by atoms with Crippen molar-refractivity contribution in [3.8, 4) is 0 Å². The number of hydrogen-bond acceptors (Lipinski definition) is 3. The molecule has 0 atom stereocenters. The Kier molecular flexibility index (Phi) is 3.83. The molecule has 18 heavy (non-hydrogen) atoms. The van der Waals surface area contributed by atoms with Crippen molar-refractivity contribution < 1.29 is 9.53 Å². The molecule has 0 bridgehead atoms. The summed E-state index contributed by atoms with van der Waals surface area (Å²) in [5, 5.41) is 0. The van der Waals surface area contributed by atoms with Gasteiger partial charge in [0.25, 0.3) is 0 Å². The van der Waals surface area contributed by atoms with Crippen LogP contribution in [0.4, 0.5) is 0 Å². The number of benzene rings is 1. The Bertz CT molecular complexity index is 448. The molecule has 1 saturated heterocycles. The average Bonchev–Trinajstić information content (AvgIpc) is 2.39. The number of aryl methyl sites for hydroxylation is 2. The highest BCUT2D eigenvalue weighted by Crippen LogP contribution is 2.34. The summed E-state index contributed by atoms with van der Waals surface area (Å²) in [7, 11) is 0. The molecule has 1 heterocycles. The zero-order valence-electron chi connectivity index (χ0n) is 11.2. The number of Topliss-reactive ketones (excluding diaryl/α,β-unsaturated/α-hetero) is 1. The molecule has 0 saturated carbocycles. The summed E-state index contributed by atoms with van der Waals surface area (Å²) in [5.41, 5.74) is 8.49. The standard InChI is InChI=1S/C15H21NO2/c1-11-3-4-13(12(2)9-11)14(17)15(10-16)5-7-18-8-6-15/h3-4,9H,5-8,10,16H2,1-2H3. The molecule has 0 amide bonds. The molecule has 0 unspecified atom stereocenters. The maximum absolute atomic E-state index is 12.7. The first-order valence-electron chi connectivity index (χ1n) is 6.49. The van der Waals surface area contributed by atoms with Crippen LogP contribution in [0, 0.1) is 19.3 Å². The fourth-order valence-corrected chi connectivity index (χ4v) is 2.64. The maximum atomic E-state index is 12.7. The van der Waals surface area contributed by atoms with E-state index in [4.69, 9.17) is 10.5 Å². The third kappa shape index (κ3) is 2.33. The molecular formula is C15H21NO2. The van der Waals surface area contributed by atoms with Gasteiger partial charge in [-0.15, -0.1) is 0 Å². The fourth-order valence-electron chi connectivity index (χ4n) is 2.64. The fraction of sp³-hybridized carbons (Fsp3) is 0.533. The predicted octanol–water partition coefficient (Wildman–Crippen LogP) is 2.24. The molecule has 3 heteroatoms. The largest absolute Gasteiger partial charge is 0.381 e. The van der Waals surface area contributed by atoms with Gasteiger partial charge in [-0.25, -0.2) is 0 Å². The minimum absolute atomic E-state index is 0.186. The molecule has 2 N–H and O–H groups in total. The Labute approximate surface area is 108 Å². The zero-order chi connectivity index (χ0) is 13.2. The van der Waals surface area contributed by atoms with Crippen molar-refractivity contribution >= 4 is 5.78 Å². The van der Waals surface area contributed by atoms with Gasteiger partial charge in [0, 0.05) is 25.3 Å². The van der Waals surface area contributed by atoms with E-state index in [1.165, 1.54) is 5.56 Å². The molecule has 1 aromatic carbocycles. The van der Waals surface area contributed by atoms with E-state index in [1.54, 1.807) is 0 Å². The van der Waals surface area contributed by atoms with Crippen LogP contribution in [0.2, 0.25) is 0 Å². The van der Waals surface area contributed by atoms with Crippen LogP contribution in [-0.2, 0) is 4.74 Å². The van der Waals surface area contributed by atoms with Crippen LogP contribution in [0.25, 0.3) is 0 Å². The summed E-state index contributed by atoms with van der Waals surface area (Å²) in [6.07, 6.45) is 1.46. The SMILES string of the molecule is Cc1ccc(C(=O)C2(CN)CCOCC2)c(C)c1. The van der Waals surface area contributed by atoms with Gasteiger partial charge in [0.05, 0.1) is 5.41 Å². The smallest absolute Gasteiger partial charge is 0.170 e. The second-order valence-corrected chi connectivity index (χ2v) is 5.24. The van der Waals surface area contributed by atoms with E-state index in [9.17, 15) is 4.79 Å². The van der Waals surface area contributed by atoms with Crippen molar-refractivity contribution in [3.05, 3.63) is 34.9 Å². The number of hydrogen-bond donors (Lipinski definition) is 1. The van der Waals surface area contributed by atoms with Gasteiger partial charge in [-0.2, -0.15) is 0 Å². The Morgan fingerprint density at radius 3 is 2.56 bits per heavy atom. The summed E-state index contributed by atoms with van der Waals surface area (Å²) < 4.78 is 5.35. The Morgan fingerprint density at radius 2 is 2.00 bits per heavy atom. The van der Waals surface area contributed by atoms with Crippen LogP contribution in [0.5, 0.6) is 0 Å². The van der Waals surface area contributed by atoms with Gasteiger partial charge in [0.1, 0.15) is 0 Å². The van der Waals surface area contributed by atoms with Gasteiger partial charge in [0.15, 0.2) is 5.78 Å². The van der Waals surface area contributed by atoms with Crippen molar-refractivity contribution in [1.29, 1.82) is 0 Å². The summed E-state index contributed by atoms with van der Waals surface area (Å²) in [6.45, 7) is 5.70. The van der Waals surface area contributed by atoms with E-state index in [0.717, 1.165) is 24.0 Å². The monoisotopic (exact) mass is 247 g/mol. The number of nitrogens with two attached hydrogens (primary N) is 1. The first-order valence-corrected chi connectivity index (χ1v) is 6.49. The van der Waals surface area contributed by atoms with Gasteiger partial charge in [-0.3, -0.25) is 4.79 Å². The number of ketones is 1. The van der Waals surface area contributed by atoms with Crippen LogP contribution in [0.3, 0.4) is 0 Å². The topological polar surface area (TPSA) is 52.3 Å². The number of carbonyl (C=O) groups excluding carboxylic acids is 1. The minimum Gasteiger partial charge on any atom is -0.381 e. The van der Waals surface area contributed by atoms with E-state index in [2.05, 4.69) is 6.07 Å². The van der Waals surface area contributed by atoms with Crippen molar-refractivity contribution in [2.75, 3.05) is 19.8 Å². The zero-order valence-corrected chi connectivity index (χ0v) is 11.2. The Morgan fingerprint density at radius 1 is 1.33 bits per heavy atom. The minimum atomic E-state index is -0.418. The first kappa shape index (κ1) is 13.2. The third-order valence-corrected chi connectivity index (χ3v) is 3.95. The van der Waals surface area contributed by atoms with Gasteiger partial charge >= 0.3 is 0 Å². The summed E-state index contributed by atoms with van der Waals surface area (Å²) in [5.74, 6) is 0.186. The van der Waals surface area contributed by atoms with Crippen molar-refractivity contribution in [3.63, 3.8) is 0 Å². The highest BCUT2D eigenvalue weighted by molar-refractivity contribution is 6.02. The lowest BCUT2D eigenvalue weighted by molar-refractivity contribution is 0.0200. The van der Waals surface area contributed by atoms with Crippen LogP contribution < -0.4 is 5.73 Å². The molecular weight excluding hydrogens is 226 g/mol. The number of rotatable bonds is 3. The van der Waals surface area contributed by atoms with Crippen molar-refractivity contribution in [2.45, 2.75) is 26.7 Å². The normalized spacial score (nSPS) is 18.6. The summed E-state index contributed by atoms with van der Waals surface area (Å²) in [6, 6.07) is 5.97. The third-order valence-electron chi connectivity index (χ3n) is 3.95. The molecule has 0 radical (unpaired) electrons. The maximum Gasteiger partial charge on any atom is 0.170 e. The molecule has 1 aliphatic rings. The van der Waals surface area contributed by atoms with Crippen LogP contribution in [0.1, 0.15) is 34.3 Å². The number of carbonyl (C=O) groups is 1. The average molecular weight is 247 g/mol. The summed E-state index contributed by atoms with van der Waals surface area (Å²) in [4.78, 5) is 12.7. The Hall–Kier alpha value is -1.19. The van der Waals surface area contributed by atoms with Crippen LogP contribution in [0.15, 0.2) is 18.2 Å². The van der Waals surface area contributed by atoms with E-state index in [0.29, 0.717) is 19.8 Å². The van der Waals surface area contributed by atoms with Crippen molar-refractivity contribution in [2.24, 2.45) is 11.1 Å². The Balaban J connectivity index is 2.33. The number of ether oxygens (including phenoxy) is 1. The molecule has 0 aliphatic carbocycles. The predicted molar refractivity (Wildman–Crippen MR) is 71.8 cm³/mol. The highest BCUT2D eigenvalue weighted by atomic mass is 16.5. The van der Waals surface area contributed by atoms with Gasteiger partial charge in [-0.1, -0.05) is 23.8 Å². The van der Waals surface area contributed by atoms with E-state index < -0.39 is 5.41 Å². The second-order valence-electron chi connectivity index (χ2n) is 5.24. The summed E-state index contributed by atoms with van der Waals surface area (Å²) >= 11 is 0. The van der Waals surface area contributed by atoms with Gasteiger partial charge in [-0.05, 0) is 32.3 Å².